The lowest BCUT2D eigenvalue weighted by molar-refractivity contribution is -0.151. The summed E-state index contributed by atoms with van der Waals surface area (Å²) in [5, 5.41) is 9.51. The summed E-state index contributed by atoms with van der Waals surface area (Å²) >= 11 is 0. The van der Waals surface area contributed by atoms with Crippen LogP contribution in [0.25, 0.3) is 0 Å². The molecule has 2 fully saturated rings. The number of nitrogens with zero attached hydrogens (tertiary/aromatic N) is 1. The molecule has 0 bridgehead atoms. The van der Waals surface area contributed by atoms with Crippen LogP contribution < -0.4 is 0 Å². The molecule has 1 unspecified atom stereocenters. The highest BCUT2D eigenvalue weighted by Gasteiger charge is 2.46. The summed E-state index contributed by atoms with van der Waals surface area (Å²) in [6.45, 7) is 4.40. The van der Waals surface area contributed by atoms with E-state index < -0.39 is 11.5 Å². The zero-order chi connectivity index (χ0) is 11.6. The number of aliphatic carboxylic acids is 1. The van der Waals surface area contributed by atoms with Crippen molar-refractivity contribution in [3.8, 4) is 0 Å². The van der Waals surface area contributed by atoms with Gasteiger partial charge < -0.3 is 9.84 Å². The van der Waals surface area contributed by atoms with Gasteiger partial charge in [-0.3, -0.25) is 9.69 Å². The van der Waals surface area contributed by atoms with Crippen molar-refractivity contribution in [1.29, 1.82) is 0 Å². The molecular weight excluding hydrogens is 206 g/mol. The van der Waals surface area contributed by atoms with Crippen molar-refractivity contribution in [2.24, 2.45) is 0 Å². The minimum Gasteiger partial charge on any atom is -0.480 e. The first-order valence-corrected chi connectivity index (χ1v) is 6.25. The molecule has 1 saturated carbocycles. The molecule has 0 radical (unpaired) electrons. The minimum absolute atomic E-state index is 0.152. The fourth-order valence-electron chi connectivity index (χ4n) is 3.01. The van der Waals surface area contributed by atoms with Crippen LogP contribution in [0.1, 0.15) is 39.0 Å². The lowest BCUT2D eigenvalue weighted by atomic mass is 9.94. The van der Waals surface area contributed by atoms with Gasteiger partial charge in [0.05, 0.1) is 6.10 Å². The van der Waals surface area contributed by atoms with Gasteiger partial charge in [-0.15, -0.1) is 0 Å². The molecule has 2 rings (SSSR count). The molecule has 0 aromatic rings. The molecule has 1 saturated heterocycles. The molecule has 4 heteroatoms. The van der Waals surface area contributed by atoms with Crippen LogP contribution in [0.4, 0.5) is 0 Å². The van der Waals surface area contributed by atoms with Gasteiger partial charge in [-0.1, -0.05) is 12.8 Å². The lowest BCUT2D eigenvalue weighted by Gasteiger charge is -2.37. The van der Waals surface area contributed by atoms with Gasteiger partial charge >= 0.3 is 5.97 Å². The van der Waals surface area contributed by atoms with E-state index >= 15 is 0 Å². The third kappa shape index (κ3) is 2.09. The first-order chi connectivity index (χ1) is 7.65. The van der Waals surface area contributed by atoms with Crippen LogP contribution in [0.2, 0.25) is 0 Å². The molecule has 1 atom stereocenters. The van der Waals surface area contributed by atoms with Crippen molar-refractivity contribution < 1.29 is 14.6 Å². The van der Waals surface area contributed by atoms with E-state index in [1.807, 2.05) is 6.92 Å². The molecule has 0 aromatic carbocycles. The monoisotopic (exact) mass is 227 g/mol. The Morgan fingerprint density at radius 1 is 1.38 bits per heavy atom. The molecule has 0 spiro atoms. The zero-order valence-electron chi connectivity index (χ0n) is 9.95. The van der Waals surface area contributed by atoms with Gasteiger partial charge in [0.2, 0.25) is 0 Å². The van der Waals surface area contributed by atoms with Crippen molar-refractivity contribution in [2.75, 3.05) is 19.7 Å². The highest BCUT2D eigenvalue weighted by atomic mass is 16.5. The van der Waals surface area contributed by atoms with E-state index in [0.717, 1.165) is 51.8 Å². The number of hydrogen-bond donors (Lipinski definition) is 1. The van der Waals surface area contributed by atoms with Crippen molar-refractivity contribution in [3.05, 3.63) is 0 Å². The van der Waals surface area contributed by atoms with Gasteiger partial charge in [0.15, 0.2) is 0 Å². The standard InChI is InChI=1S/C12H21NO3/c1-10-9-13(7-4-8-16-10)12(11(14)15)5-2-3-6-12/h10H,2-9H2,1H3,(H,14,15). The Morgan fingerprint density at radius 3 is 2.69 bits per heavy atom. The van der Waals surface area contributed by atoms with Gasteiger partial charge in [-0.25, -0.2) is 0 Å². The van der Waals surface area contributed by atoms with E-state index in [1.165, 1.54) is 0 Å². The number of carbonyl (C=O) groups is 1. The molecular formula is C12H21NO3. The van der Waals surface area contributed by atoms with Crippen LogP contribution in [0.5, 0.6) is 0 Å². The Balaban J connectivity index is 2.15. The van der Waals surface area contributed by atoms with Gasteiger partial charge in [0, 0.05) is 19.7 Å². The molecule has 1 heterocycles. The molecule has 0 amide bonds. The van der Waals surface area contributed by atoms with Crippen LogP contribution in [-0.4, -0.2) is 47.3 Å². The molecule has 92 valence electrons. The summed E-state index contributed by atoms with van der Waals surface area (Å²) in [6.07, 6.45) is 4.78. The first kappa shape index (κ1) is 11.9. The van der Waals surface area contributed by atoms with Gasteiger partial charge in [-0.05, 0) is 26.2 Å². The third-order valence-corrected chi connectivity index (χ3v) is 3.89. The summed E-state index contributed by atoms with van der Waals surface area (Å²) in [5.74, 6) is -0.640. The van der Waals surface area contributed by atoms with E-state index in [1.54, 1.807) is 0 Å². The number of carboxylic acid groups (broad SMARTS) is 1. The molecule has 0 aromatic heterocycles. The van der Waals surface area contributed by atoms with Crippen molar-refractivity contribution in [2.45, 2.75) is 50.7 Å². The Kier molecular flexibility index (Phi) is 3.50. The molecule has 4 nitrogen and oxygen atoms in total. The van der Waals surface area contributed by atoms with Crippen molar-refractivity contribution in [1.82, 2.24) is 4.90 Å². The Labute approximate surface area is 96.6 Å². The first-order valence-electron chi connectivity index (χ1n) is 6.25. The molecule has 1 N–H and O–H groups in total. The number of ether oxygens (including phenoxy) is 1. The smallest absolute Gasteiger partial charge is 0.324 e. The quantitative estimate of drug-likeness (QED) is 0.776. The maximum Gasteiger partial charge on any atom is 0.324 e. The Morgan fingerprint density at radius 2 is 2.06 bits per heavy atom. The van der Waals surface area contributed by atoms with E-state index in [2.05, 4.69) is 4.90 Å². The van der Waals surface area contributed by atoms with Crippen LogP contribution in [0.3, 0.4) is 0 Å². The lowest BCUT2D eigenvalue weighted by Crippen LogP contribution is -2.54. The fourth-order valence-corrected chi connectivity index (χ4v) is 3.01. The van der Waals surface area contributed by atoms with Crippen LogP contribution in [0.15, 0.2) is 0 Å². The molecule has 1 aliphatic heterocycles. The topological polar surface area (TPSA) is 49.8 Å². The molecule has 16 heavy (non-hydrogen) atoms. The van der Waals surface area contributed by atoms with Crippen molar-refractivity contribution in [3.63, 3.8) is 0 Å². The van der Waals surface area contributed by atoms with Crippen LogP contribution in [-0.2, 0) is 9.53 Å². The average Bonchev–Trinajstić information content (AvgIpc) is 2.64. The summed E-state index contributed by atoms with van der Waals surface area (Å²) in [6, 6.07) is 0. The summed E-state index contributed by atoms with van der Waals surface area (Å²) < 4.78 is 5.58. The fraction of sp³-hybridized carbons (Fsp3) is 0.917. The summed E-state index contributed by atoms with van der Waals surface area (Å²) in [7, 11) is 0. The van der Waals surface area contributed by atoms with E-state index in [9.17, 15) is 9.90 Å². The Bertz CT molecular complexity index is 261. The second-order valence-electron chi connectivity index (χ2n) is 5.02. The van der Waals surface area contributed by atoms with E-state index in [4.69, 9.17) is 4.74 Å². The maximum atomic E-state index is 11.6. The predicted octanol–water partition coefficient (Wildman–Crippen LogP) is 1.49. The second kappa shape index (κ2) is 4.72. The van der Waals surface area contributed by atoms with Crippen molar-refractivity contribution >= 4 is 5.97 Å². The molecule has 2 aliphatic rings. The van der Waals surface area contributed by atoms with Gasteiger partial charge in [0.1, 0.15) is 5.54 Å². The Hall–Kier alpha value is -0.610. The third-order valence-electron chi connectivity index (χ3n) is 3.89. The van der Waals surface area contributed by atoms with Gasteiger partial charge in [-0.2, -0.15) is 0 Å². The zero-order valence-corrected chi connectivity index (χ0v) is 9.95. The van der Waals surface area contributed by atoms with Crippen LogP contribution >= 0.6 is 0 Å². The predicted molar refractivity (Wildman–Crippen MR) is 60.4 cm³/mol. The highest BCUT2D eigenvalue weighted by molar-refractivity contribution is 5.79. The SMILES string of the molecule is CC1CN(C2(C(=O)O)CCCC2)CCCO1. The summed E-state index contributed by atoms with van der Waals surface area (Å²) in [4.78, 5) is 13.7. The maximum absolute atomic E-state index is 11.6. The second-order valence-corrected chi connectivity index (χ2v) is 5.02. The highest BCUT2D eigenvalue weighted by Crippen LogP contribution is 2.36. The average molecular weight is 227 g/mol. The van der Waals surface area contributed by atoms with Gasteiger partial charge in [0.25, 0.3) is 0 Å². The van der Waals surface area contributed by atoms with E-state index in [0.29, 0.717) is 0 Å². The van der Waals surface area contributed by atoms with Crippen LogP contribution in [0, 0.1) is 0 Å². The number of hydrogen-bond acceptors (Lipinski definition) is 3. The minimum atomic E-state index is -0.640. The summed E-state index contributed by atoms with van der Waals surface area (Å²) in [5.41, 5.74) is -0.595. The number of carboxylic acids is 1. The molecule has 1 aliphatic carbocycles. The largest absolute Gasteiger partial charge is 0.480 e. The number of rotatable bonds is 2. The van der Waals surface area contributed by atoms with E-state index in [-0.39, 0.29) is 6.10 Å². The normalized spacial score (nSPS) is 31.2.